The first kappa shape index (κ1) is 12.9. The second-order valence-corrected chi connectivity index (χ2v) is 5.16. The molecule has 0 amide bonds. The third-order valence-electron chi connectivity index (χ3n) is 2.61. The molecule has 2 rings (SSSR count). The van der Waals surface area contributed by atoms with Crippen molar-refractivity contribution in [3.63, 3.8) is 0 Å². The number of hydrogen-bond acceptors (Lipinski definition) is 4. The summed E-state index contributed by atoms with van der Waals surface area (Å²) in [6, 6.07) is 0. The quantitative estimate of drug-likeness (QED) is 0.789. The molecular formula is C13H13IN4. The summed E-state index contributed by atoms with van der Waals surface area (Å²) >= 11 is 2.03. The maximum atomic E-state index is 5.68. The lowest BCUT2D eigenvalue weighted by atomic mass is 9.87. The molecule has 0 radical (unpaired) electrons. The highest BCUT2D eigenvalue weighted by Gasteiger charge is 2.25. The fourth-order valence-corrected chi connectivity index (χ4v) is 2.06. The number of allylic oxidation sites excluding steroid dienone is 7. The molecule has 1 heterocycles. The fraction of sp³-hybridized carbons (Fsp3) is 0.154. The Bertz CT molecular complexity index is 554. The second kappa shape index (κ2) is 5.01. The summed E-state index contributed by atoms with van der Waals surface area (Å²) in [5.74, 6) is 0.874. The number of nitrogens with zero attached hydrogens (tertiary/aromatic N) is 3. The van der Waals surface area contributed by atoms with Gasteiger partial charge in [-0.2, -0.15) is 9.97 Å². The van der Waals surface area contributed by atoms with Crippen molar-refractivity contribution in [2.45, 2.75) is 12.3 Å². The largest absolute Gasteiger partial charge is 0.368 e. The van der Waals surface area contributed by atoms with Crippen LogP contribution in [0.3, 0.4) is 0 Å². The average Bonchev–Trinajstić information content (AvgIpc) is 2.29. The Morgan fingerprint density at radius 1 is 1.17 bits per heavy atom. The molecule has 5 heteroatoms. The number of rotatable bonds is 1. The van der Waals surface area contributed by atoms with Crippen LogP contribution in [0, 0.1) is 3.83 Å². The van der Waals surface area contributed by atoms with E-state index in [1.165, 1.54) is 0 Å². The minimum absolute atomic E-state index is 0.240. The summed E-state index contributed by atoms with van der Waals surface area (Å²) < 4.78 is 0.592. The van der Waals surface area contributed by atoms with Crippen LogP contribution in [0.1, 0.15) is 12.7 Å². The molecule has 1 aromatic rings. The van der Waals surface area contributed by atoms with Gasteiger partial charge in [0, 0.05) is 22.6 Å². The van der Waals surface area contributed by atoms with Crippen LogP contribution in [0.15, 0.2) is 48.6 Å². The summed E-state index contributed by atoms with van der Waals surface area (Å²) in [6.45, 7) is 5.95. The van der Waals surface area contributed by atoms with Crippen LogP contribution in [0.5, 0.6) is 0 Å². The maximum absolute atomic E-state index is 5.68. The van der Waals surface area contributed by atoms with E-state index in [-0.39, 0.29) is 5.95 Å². The number of hydrogen-bond donors (Lipinski definition) is 1. The molecule has 2 N–H and O–H groups in total. The Morgan fingerprint density at radius 3 is 2.67 bits per heavy atom. The Labute approximate surface area is 120 Å². The van der Waals surface area contributed by atoms with Crippen LogP contribution in [0.2, 0.25) is 0 Å². The highest BCUT2D eigenvalue weighted by atomic mass is 127. The molecule has 0 aromatic carbocycles. The molecule has 4 nitrogen and oxygen atoms in total. The first-order valence-corrected chi connectivity index (χ1v) is 6.49. The molecule has 1 aromatic heterocycles. The van der Waals surface area contributed by atoms with Crippen molar-refractivity contribution >= 4 is 28.5 Å². The zero-order valence-electron chi connectivity index (χ0n) is 9.97. The van der Waals surface area contributed by atoms with Crippen molar-refractivity contribution in [1.29, 1.82) is 0 Å². The first-order chi connectivity index (χ1) is 8.49. The zero-order chi connectivity index (χ0) is 13.2. The van der Waals surface area contributed by atoms with Crippen molar-refractivity contribution in [2.24, 2.45) is 0 Å². The molecule has 0 aliphatic heterocycles. The van der Waals surface area contributed by atoms with E-state index in [2.05, 4.69) is 21.5 Å². The lowest BCUT2D eigenvalue weighted by Crippen LogP contribution is -2.22. The number of halogens is 1. The monoisotopic (exact) mass is 352 g/mol. The van der Waals surface area contributed by atoms with Gasteiger partial charge in [-0.05, 0) is 12.5 Å². The molecule has 1 unspecified atom stereocenters. The molecule has 1 aliphatic rings. The highest BCUT2D eigenvalue weighted by Crippen LogP contribution is 2.26. The molecule has 0 spiro atoms. The van der Waals surface area contributed by atoms with Crippen LogP contribution in [-0.2, 0) is 5.41 Å². The standard InChI is InChI=1S/C13H13IN4/c1-9-5-3-4-7-13(2,8-6-9)10-16-11(14)18-12(15)17-10/h3-8H,1H2,2H3,(H2,15,16,17,18)/b5-3-,7-4-,8-6-. The van der Waals surface area contributed by atoms with Crippen LogP contribution in [-0.4, -0.2) is 15.0 Å². The third-order valence-corrected chi connectivity index (χ3v) is 3.10. The van der Waals surface area contributed by atoms with Gasteiger partial charge in [-0.3, -0.25) is 0 Å². The second-order valence-electron chi connectivity index (χ2n) is 4.20. The smallest absolute Gasteiger partial charge is 0.224 e. The van der Waals surface area contributed by atoms with Crippen molar-refractivity contribution in [2.75, 3.05) is 5.73 Å². The molecule has 92 valence electrons. The lowest BCUT2D eigenvalue weighted by Gasteiger charge is -2.21. The minimum atomic E-state index is -0.412. The van der Waals surface area contributed by atoms with E-state index in [0.717, 1.165) is 5.57 Å². The average molecular weight is 352 g/mol. The molecule has 0 saturated heterocycles. The van der Waals surface area contributed by atoms with E-state index >= 15 is 0 Å². The Hall–Kier alpha value is -1.50. The van der Waals surface area contributed by atoms with Gasteiger partial charge >= 0.3 is 0 Å². The van der Waals surface area contributed by atoms with E-state index in [0.29, 0.717) is 9.66 Å². The summed E-state index contributed by atoms with van der Waals surface area (Å²) in [6.07, 6.45) is 11.8. The van der Waals surface area contributed by atoms with E-state index < -0.39 is 5.41 Å². The van der Waals surface area contributed by atoms with E-state index in [4.69, 9.17) is 5.73 Å². The van der Waals surface area contributed by atoms with Crippen LogP contribution in [0.25, 0.3) is 0 Å². The van der Waals surface area contributed by atoms with Crippen LogP contribution in [0.4, 0.5) is 5.95 Å². The number of aromatic nitrogens is 3. The van der Waals surface area contributed by atoms with Crippen molar-refractivity contribution < 1.29 is 0 Å². The predicted molar refractivity (Wildman–Crippen MR) is 80.9 cm³/mol. The molecule has 0 saturated carbocycles. The van der Waals surface area contributed by atoms with E-state index in [9.17, 15) is 0 Å². The number of nitrogens with two attached hydrogens (primary N) is 1. The molecular weight excluding hydrogens is 339 g/mol. The van der Waals surface area contributed by atoms with Gasteiger partial charge in [-0.15, -0.1) is 0 Å². The van der Waals surface area contributed by atoms with Gasteiger partial charge in [0.15, 0.2) is 3.83 Å². The first-order valence-electron chi connectivity index (χ1n) is 5.41. The van der Waals surface area contributed by atoms with E-state index in [1.54, 1.807) is 0 Å². The normalized spacial score (nSPS) is 28.2. The van der Waals surface area contributed by atoms with Crippen molar-refractivity contribution in [3.05, 3.63) is 58.3 Å². The molecule has 1 atom stereocenters. The molecule has 0 bridgehead atoms. The predicted octanol–water partition coefficient (Wildman–Crippen LogP) is 2.55. The maximum Gasteiger partial charge on any atom is 0.224 e. The topological polar surface area (TPSA) is 64.7 Å². The Balaban J connectivity index is 2.52. The summed E-state index contributed by atoms with van der Waals surface area (Å²) in [5.41, 5.74) is 6.20. The van der Waals surface area contributed by atoms with Crippen molar-refractivity contribution in [1.82, 2.24) is 15.0 Å². The SMILES string of the molecule is C=C1/C=C\C=C/C(C)(c2nc(N)nc(I)n2)/C=C\1. The van der Waals surface area contributed by atoms with Gasteiger partial charge in [0.05, 0.1) is 5.41 Å². The molecule has 1 aliphatic carbocycles. The summed E-state index contributed by atoms with van der Waals surface area (Å²) in [5, 5.41) is 0. The highest BCUT2D eigenvalue weighted by molar-refractivity contribution is 14.1. The Morgan fingerprint density at radius 2 is 1.94 bits per heavy atom. The zero-order valence-corrected chi connectivity index (χ0v) is 12.1. The molecule has 18 heavy (non-hydrogen) atoms. The van der Waals surface area contributed by atoms with Crippen LogP contribution >= 0.6 is 22.6 Å². The minimum Gasteiger partial charge on any atom is -0.368 e. The third kappa shape index (κ3) is 2.84. The van der Waals surface area contributed by atoms with Crippen LogP contribution < -0.4 is 5.73 Å². The van der Waals surface area contributed by atoms with Gasteiger partial charge in [0.2, 0.25) is 5.95 Å². The van der Waals surface area contributed by atoms with Gasteiger partial charge in [-0.1, -0.05) is 43.0 Å². The summed E-state index contributed by atoms with van der Waals surface area (Å²) in [4.78, 5) is 12.6. The molecule has 0 fully saturated rings. The fourth-order valence-electron chi connectivity index (χ4n) is 1.58. The lowest BCUT2D eigenvalue weighted by molar-refractivity contribution is 0.673. The van der Waals surface area contributed by atoms with Gasteiger partial charge in [0.25, 0.3) is 0 Å². The number of nitrogen functional groups attached to an aromatic ring is 1. The van der Waals surface area contributed by atoms with E-state index in [1.807, 2.05) is 66.0 Å². The summed E-state index contributed by atoms with van der Waals surface area (Å²) in [7, 11) is 0. The van der Waals surface area contributed by atoms with Gasteiger partial charge < -0.3 is 5.73 Å². The van der Waals surface area contributed by atoms with Gasteiger partial charge in [-0.25, -0.2) is 4.98 Å². The van der Waals surface area contributed by atoms with Crippen molar-refractivity contribution in [3.8, 4) is 0 Å². The number of anilines is 1. The Kier molecular flexibility index (Phi) is 3.60. The van der Waals surface area contributed by atoms with Gasteiger partial charge in [0.1, 0.15) is 5.82 Å².